The summed E-state index contributed by atoms with van der Waals surface area (Å²) in [5.41, 5.74) is 0. The van der Waals surface area contributed by atoms with E-state index in [0.29, 0.717) is 5.12 Å². The normalized spacial score (nSPS) is 23.0. The van der Waals surface area contributed by atoms with Crippen LogP contribution < -0.4 is 0 Å². The van der Waals surface area contributed by atoms with Crippen molar-refractivity contribution in [3.8, 4) is 0 Å². The Morgan fingerprint density at radius 2 is 2.07 bits per heavy atom. The third-order valence-corrected chi connectivity index (χ3v) is 7.14. The highest BCUT2D eigenvalue weighted by Gasteiger charge is 2.17. The monoisotopic (exact) mass is 266 g/mol. The molecule has 0 saturated carbocycles. The van der Waals surface area contributed by atoms with Crippen molar-refractivity contribution >= 4 is 36.7 Å². The van der Waals surface area contributed by atoms with Crippen molar-refractivity contribution < 1.29 is 4.79 Å². The summed E-state index contributed by atoms with van der Waals surface area (Å²) >= 11 is 0. The van der Waals surface area contributed by atoms with Crippen LogP contribution in [0.1, 0.15) is 32.1 Å². The van der Waals surface area contributed by atoms with Crippen LogP contribution in [0.25, 0.3) is 0 Å². The molecule has 0 bridgehead atoms. The lowest BCUT2D eigenvalue weighted by atomic mass is 10.1. The SMILES string of the molecule is CS(C)(C)C(=O)CCCC[C@@H]1CCSS1. The molecule has 1 fully saturated rings. The summed E-state index contributed by atoms with van der Waals surface area (Å²) in [6.45, 7) is 0. The smallest absolute Gasteiger partial charge is 0.171 e. The van der Waals surface area contributed by atoms with Gasteiger partial charge >= 0.3 is 0 Å². The van der Waals surface area contributed by atoms with Gasteiger partial charge in [0.05, 0.1) is 0 Å². The Morgan fingerprint density at radius 3 is 2.60 bits per heavy atom. The van der Waals surface area contributed by atoms with Crippen LogP contribution in [0.3, 0.4) is 0 Å². The van der Waals surface area contributed by atoms with Gasteiger partial charge in [-0.3, -0.25) is 4.79 Å². The van der Waals surface area contributed by atoms with E-state index in [2.05, 4.69) is 18.8 Å². The van der Waals surface area contributed by atoms with Gasteiger partial charge in [-0.05, 0) is 38.0 Å². The van der Waals surface area contributed by atoms with Crippen molar-refractivity contribution in [2.45, 2.75) is 37.4 Å². The molecule has 15 heavy (non-hydrogen) atoms. The molecule has 1 heterocycles. The molecule has 0 amide bonds. The second-order valence-corrected chi connectivity index (χ2v) is 11.7. The van der Waals surface area contributed by atoms with E-state index in [1.165, 1.54) is 25.0 Å². The molecule has 1 saturated heterocycles. The molecular weight excluding hydrogens is 244 g/mol. The first-order valence-electron chi connectivity index (χ1n) is 5.49. The van der Waals surface area contributed by atoms with Gasteiger partial charge in [0.1, 0.15) is 0 Å². The summed E-state index contributed by atoms with van der Waals surface area (Å²) in [7, 11) is 3.10. The van der Waals surface area contributed by atoms with Gasteiger partial charge in [-0.1, -0.05) is 28.0 Å². The number of carbonyl (C=O) groups is 1. The summed E-state index contributed by atoms with van der Waals surface area (Å²) in [6.07, 6.45) is 12.1. The fourth-order valence-electron chi connectivity index (χ4n) is 1.51. The van der Waals surface area contributed by atoms with E-state index in [0.717, 1.165) is 18.1 Å². The molecule has 0 radical (unpaired) electrons. The van der Waals surface area contributed by atoms with Crippen LogP contribution in [0.5, 0.6) is 0 Å². The largest absolute Gasteiger partial charge is 0.289 e. The van der Waals surface area contributed by atoms with Crippen molar-refractivity contribution in [2.75, 3.05) is 24.5 Å². The zero-order valence-corrected chi connectivity index (χ0v) is 12.4. The van der Waals surface area contributed by atoms with Crippen molar-refractivity contribution in [1.82, 2.24) is 0 Å². The predicted octanol–water partition coefficient (Wildman–Crippen LogP) is 3.92. The van der Waals surface area contributed by atoms with Crippen molar-refractivity contribution in [2.24, 2.45) is 0 Å². The van der Waals surface area contributed by atoms with E-state index in [-0.39, 0.29) is 0 Å². The Labute approximate surface area is 103 Å². The van der Waals surface area contributed by atoms with Crippen molar-refractivity contribution in [3.05, 3.63) is 0 Å². The van der Waals surface area contributed by atoms with Gasteiger partial charge in [0.2, 0.25) is 0 Å². The van der Waals surface area contributed by atoms with E-state index < -0.39 is 10.0 Å². The fraction of sp³-hybridized carbons (Fsp3) is 0.909. The number of rotatable bonds is 5. The average molecular weight is 266 g/mol. The first-order chi connectivity index (χ1) is 7.00. The van der Waals surface area contributed by atoms with Gasteiger partial charge in [-0.2, -0.15) is 10.0 Å². The Bertz CT molecular complexity index is 204. The van der Waals surface area contributed by atoms with Gasteiger partial charge in [-0.15, -0.1) is 0 Å². The molecule has 0 aliphatic carbocycles. The topological polar surface area (TPSA) is 17.1 Å². The molecule has 0 spiro atoms. The summed E-state index contributed by atoms with van der Waals surface area (Å²) in [4.78, 5) is 11.7. The lowest BCUT2D eigenvalue weighted by molar-refractivity contribution is -0.111. The molecule has 1 rings (SSSR count). The quantitative estimate of drug-likeness (QED) is 0.554. The Kier molecular flexibility index (Phi) is 5.93. The third kappa shape index (κ3) is 5.55. The van der Waals surface area contributed by atoms with E-state index in [1.54, 1.807) is 0 Å². The predicted molar refractivity (Wildman–Crippen MR) is 77.3 cm³/mol. The van der Waals surface area contributed by atoms with Crippen LogP contribution >= 0.6 is 31.6 Å². The lowest BCUT2D eigenvalue weighted by Crippen LogP contribution is -2.08. The molecule has 0 aromatic heterocycles. The Morgan fingerprint density at radius 1 is 1.33 bits per heavy atom. The maximum absolute atomic E-state index is 11.7. The second kappa shape index (κ2) is 6.45. The Hall–Kier alpha value is 0.720. The van der Waals surface area contributed by atoms with Gasteiger partial charge in [0.15, 0.2) is 5.12 Å². The number of hydrogen-bond acceptors (Lipinski definition) is 3. The van der Waals surface area contributed by atoms with Crippen LogP contribution in [0.15, 0.2) is 0 Å². The van der Waals surface area contributed by atoms with E-state index in [9.17, 15) is 4.79 Å². The lowest BCUT2D eigenvalue weighted by Gasteiger charge is -2.22. The number of hydrogen-bond donors (Lipinski definition) is 0. The van der Waals surface area contributed by atoms with E-state index in [4.69, 9.17) is 0 Å². The summed E-state index contributed by atoms with van der Waals surface area (Å²) in [5.74, 6) is 1.32. The number of unbranched alkanes of at least 4 members (excludes halogenated alkanes) is 1. The van der Waals surface area contributed by atoms with Gasteiger partial charge < -0.3 is 0 Å². The molecule has 0 aromatic rings. The summed E-state index contributed by atoms with van der Waals surface area (Å²) < 4.78 is 0. The van der Waals surface area contributed by atoms with Gasteiger partial charge in [-0.25, -0.2) is 0 Å². The first kappa shape index (κ1) is 13.8. The van der Waals surface area contributed by atoms with Gasteiger partial charge in [0.25, 0.3) is 0 Å². The highest BCUT2D eigenvalue weighted by Crippen LogP contribution is 2.40. The second-order valence-electron chi connectivity index (χ2n) is 4.78. The molecule has 1 aliphatic rings. The summed E-state index contributed by atoms with van der Waals surface area (Å²) in [5, 5.41) is 1.36. The zero-order chi connectivity index (χ0) is 11.3. The maximum atomic E-state index is 11.7. The molecule has 1 aliphatic heterocycles. The highest BCUT2D eigenvalue weighted by molar-refractivity contribution is 8.77. The molecule has 90 valence electrons. The van der Waals surface area contributed by atoms with Crippen LogP contribution in [-0.2, 0) is 4.79 Å². The molecular formula is C11H22OS3. The maximum Gasteiger partial charge on any atom is 0.171 e. The van der Waals surface area contributed by atoms with Crippen molar-refractivity contribution in [1.29, 1.82) is 0 Å². The number of carbonyl (C=O) groups excluding carboxylic acids is 1. The summed E-state index contributed by atoms with van der Waals surface area (Å²) in [6, 6.07) is 0. The van der Waals surface area contributed by atoms with E-state index >= 15 is 0 Å². The molecule has 4 heteroatoms. The van der Waals surface area contributed by atoms with Crippen molar-refractivity contribution in [3.63, 3.8) is 0 Å². The molecule has 0 unspecified atom stereocenters. The third-order valence-electron chi connectivity index (χ3n) is 2.57. The van der Waals surface area contributed by atoms with E-state index in [1.807, 2.05) is 21.6 Å². The minimum absolute atomic E-state index is 0.496. The zero-order valence-electron chi connectivity index (χ0n) is 9.95. The van der Waals surface area contributed by atoms with Crippen LogP contribution in [0.2, 0.25) is 0 Å². The van der Waals surface area contributed by atoms with Crippen LogP contribution in [0, 0.1) is 0 Å². The molecule has 0 N–H and O–H groups in total. The fourth-order valence-corrected chi connectivity index (χ4v) is 5.30. The van der Waals surface area contributed by atoms with Crippen LogP contribution in [0.4, 0.5) is 0 Å². The van der Waals surface area contributed by atoms with Crippen LogP contribution in [-0.4, -0.2) is 34.9 Å². The standard InChI is InChI=1S/C11H22OS3/c1-15(2,3)11(12)7-5-4-6-10-8-9-13-14-10/h10H,4-9H2,1-3H3/t10-/m1/s1. The molecule has 1 atom stereocenters. The minimum atomic E-state index is -0.951. The molecule has 1 nitrogen and oxygen atoms in total. The minimum Gasteiger partial charge on any atom is -0.289 e. The highest BCUT2D eigenvalue weighted by atomic mass is 33.1. The Balaban J connectivity index is 2.03. The first-order valence-corrected chi connectivity index (χ1v) is 10.7. The molecule has 0 aromatic carbocycles. The van der Waals surface area contributed by atoms with Gasteiger partial charge in [0, 0.05) is 17.4 Å². The average Bonchev–Trinajstić information content (AvgIpc) is 2.63.